The summed E-state index contributed by atoms with van der Waals surface area (Å²) in [6.45, 7) is 0. The molecule has 0 amide bonds. The van der Waals surface area contributed by atoms with Crippen LogP contribution in [0.15, 0.2) is 18.5 Å². The highest BCUT2D eigenvalue weighted by molar-refractivity contribution is 5.23. The van der Waals surface area contributed by atoms with Crippen molar-refractivity contribution in [1.82, 2.24) is 4.98 Å². The van der Waals surface area contributed by atoms with Crippen LogP contribution in [0.2, 0.25) is 0 Å². The summed E-state index contributed by atoms with van der Waals surface area (Å²) in [4.78, 5) is 3.82. The number of fused-ring (bicyclic) bond motifs is 2. The van der Waals surface area contributed by atoms with Gasteiger partial charge in [0.25, 0.3) is 0 Å². The van der Waals surface area contributed by atoms with Gasteiger partial charge in [-0.15, -0.1) is 0 Å². The average molecular weight is 207 g/mol. The molecule has 2 bridgehead atoms. The Morgan fingerprint density at radius 2 is 2.27 bits per heavy atom. The van der Waals surface area contributed by atoms with E-state index in [2.05, 4.69) is 4.98 Å². The molecule has 0 spiro atoms. The molecule has 1 aromatic heterocycles. The number of aliphatic hydroxyl groups is 1. The minimum Gasteiger partial charge on any atom is -0.385 e. The Balaban J connectivity index is 2.00. The first-order valence-corrected chi connectivity index (χ1v) is 5.52. The third kappa shape index (κ3) is 1.29. The monoisotopic (exact) mass is 207 g/mol. The lowest BCUT2D eigenvalue weighted by atomic mass is 9.79. The summed E-state index contributed by atoms with van der Waals surface area (Å²) in [6.07, 6.45) is 6.94. The standard InChI is InChI=1S/C12H14FNO/c13-11-4-10(6-14-7-11)12(15)5-8-1-2-9(12)3-8/h4,6-9,15H,1-3,5H2. The van der Waals surface area contributed by atoms with E-state index in [-0.39, 0.29) is 5.82 Å². The summed E-state index contributed by atoms with van der Waals surface area (Å²) in [5.74, 6) is 0.582. The van der Waals surface area contributed by atoms with Crippen LogP contribution in [0.4, 0.5) is 4.39 Å². The predicted octanol–water partition coefficient (Wildman–Crippen LogP) is 2.23. The van der Waals surface area contributed by atoms with Crippen LogP contribution in [0.5, 0.6) is 0 Å². The molecule has 1 aromatic rings. The molecule has 0 aliphatic heterocycles. The molecule has 3 atom stereocenters. The number of nitrogens with zero attached hydrogens (tertiary/aromatic N) is 1. The highest BCUT2D eigenvalue weighted by Gasteiger charge is 2.51. The van der Waals surface area contributed by atoms with E-state index in [1.807, 2.05) is 0 Å². The molecule has 0 saturated heterocycles. The molecule has 2 saturated carbocycles. The van der Waals surface area contributed by atoms with E-state index in [0.717, 1.165) is 19.3 Å². The number of aromatic nitrogens is 1. The van der Waals surface area contributed by atoms with E-state index < -0.39 is 5.60 Å². The molecule has 2 aliphatic rings. The van der Waals surface area contributed by atoms with Gasteiger partial charge < -0.3 is 5.11 Å². The largest absolute Gasteiger partial charge is 0.385 e. The normalized spacial score (nSPS) is 38.5. The summed E-state index contributed by atoms with van der Waals surface area (Å²) in [7, 11) is 0. The highest BCUT2D eigenvalue weighted by atomic mass is 19.1. The van der Waals surface area contributed by atoms with Crippen LogP contribution < -0.4 is 0 Å². The van der Waals surface area contributed by atoms with Crippen LogP contribution in [0.25, 0.3) is 0 Å². The first-order chi connectivity index (χ1) is 7.18. The third-order valence-corrected chi connectivity index (χ3v) is 4.02. The van der Waals surface area contributed by atoms with Crippen LogP contribution in [-0.4, -0.2) is 10.1 Å². The summed E-state index contributed by atoms with van der Waals surface area (Å²) in [5.41, 5.74) is -0.146. The van der Waals surface area contributed by atoms with E-state index in [4.69, 9.17) is 0 Å². The lowest BCUT2D eigenvalue weighted by molar-refractivity contribution is -0.0187. The van der Waals surface area contributed by atoms with Crippen LogP contribution in [0, 0.1) is 17.7 Å². The summed E-state index contributed by atoms with van der Waals surface area (Å²) >= 11 is 0. The zero-order valence-corrected chi connectivity index (χ0v) is 8.49. The highest BCUT2D eigenvalue weighted by Crippen LogP contribution is 2.55. The average Bonchev–Trinajstić information content (AvgIpc) is 2.78. The fraction of sp³-hybridized carbons (Fsp3) is 0.583. The summed E-state index contributed by atoms with van der Waals surface area (Å²) in [6, 6.07) is 1.42. The zero-order valence-electron chi connectivity index (χ0n) is 8.49. The molecule has 1 N–H and O–H groups in total. The van der Waals surface area contributed by atoms with Gasteiger partial charge in [-0.1, -0.05) is 0 Å². The Morgan fingerprint density at radius 3 is 2.87 bits per heavy atom. The molecule has 3 unspecified atom stereocenters. The Hall–Kier alpha value is -0.960. The number of rotatable bonds is 1. The van der Waals surface area contributed by atoms with Crippen LogP contribution >= 0.6 is 0 Å². The fourth-order valence-electron chi connectivity index (χ4n) is 3.30. The van der Waals surface area contributed by atoms with Crippen LogP contribution in [0.3, 0.4) is 0 Å². The Kier molecular flexibility index (Phi) is 1.87. The fourth-order valence-corrected chi connectivity index (χ4v) is 3.30. The van der Waals surface area contributed by atoms with Crippen molar-refractivity contribution in [2.45, 2.75) is 31.3 Å². The molecule has 15 heavy (non-hydrogen) atoms. The molecular formula is C12H14FNO. The molecule has 3 rings (SSSR count). The topological polar surface area (TPSA) is 33.1 Å². The lowest BCUT2D eigenvalue weighted by Crippen LogP contribution is -2.32. The van der Waals surface area contributed by atoms with Crippen molar-refractivity contribution in [3.63, 3.8) is 0 Å². The second kappa shape index (κ2) is 3.01. The van der Waals surface area contributed by atoms with Crippen molar-refractivity contribution in [3.05, 3.63) is 29.8 Å². The van der Waals surface area contributed by atoms with Gasteiger partial charge in [0.05, 0.1) is 11.8 Å². The van der Waals surface area contributed by atoms with E-state index in [9.17, 15) is 9.50 Å². The second-order valence-corrected chi connectivity index (χ2v) is 4.90. The van der Waals surface area contributed by atoms with E-state index in [1.54, 1.807) is 6.20 Å². The molecule has 2 aliphatic carbocycles. The molecule has 0 aromatic carbocycles. The number of hydrogen-bond donors (Lipinski definition) is 1. The third-order valence-electron chi connectivity index (χ3n) is 4.02. The molecule has 0 radical (unpaired) electrons. The second-order valence-electron chi connectivity index (χ2n) is 4.90. The maximum atomic E-state index is 13.1. The Bertz CT molecular complexity index is 395. The molecule has 3 heteroatoms. The van der Waals surface area contributed by atoms with E-state index >= 15 is 0 Å². The van der Waals surface area contributed by atoms with Gasteiger partial charge in [0.15, 0.2) is 0 Å². The van der Waals surface area contributed by atoms with Crippen molar-refractivity contribution in [3.8, 4) is 0 Å². The molecule has 80 valence electrons. The van der Waals surface area contributed by atoms with Gasteiger partial charge in [-0.2, -0.15) is 0 Å². The van der Waals surface area contributed by atoms with Crippen molar-refractivity contribution in [1.29, 1.82) is 0 Å². The minimum absolute atomic E-state index is 0.311. The van der Waals surface area contributed by atoms with Gasteiger partial charge in [0, 0.05) is 11.8 Å². The number of pyridine rings is 1. The van der Waals surface area contributed by atoms with Crippen LogP contribution in [-0.2, 0) is 5.60 Å². The Morgan fingerprint density at radius 1 is 1.40 bits per heavy atom. The maximum Gasteiger partial charge on any atom is 0.141 e. The zero-order chi connectivity index (χ0) is 10.5. The van der Waals surface area contributed by atoms with Crippen molar-refractivity contribution in [2.75, 3.05) is 0 Å². The van der Waals surface area contributed by atoms with Crippen LogP contribution in [0.1, 0.15) is 31.2 Å². The van der Waals surface area contributed by atoms with Crippen molar-refractivity contribution >= 4 is 0 Å². The quantitative estimate of drug-likeness (QED) is 0.766. The number of halogens is 1. The predicted molar refractivity (Wildman–Crippen MR) is 53.5 cm³/mol. The van der Waals surface area contributed by atoms with Gasteiger partial charge >= 0.3 is 0 Å². The smallest absolute Gasteiger partial charge is 0.141 e. The van der Waals surface area contributed by atoms with Gasteiger partial charge in [0.1, 0.15) is 5.82 Å². The minimum atomic E-state index is -0.808. The molecular weight excluding hydrogens is 193 g/mol. The SMILES string of the molecule is OC1(c2cncc(F)c2)CC2CCC1C2. The summed E-state index contributed by atoms with van der Waals surface area (Å²) < 4.78 is 13.1. The van der Waals surface area contributed by atoms with E-state index in [1.165, 1.54) is 18.7 Å². The Labute approximate surface area is 88.2 Å². The first kappa shape index (κ1) is 9.28. The van der Waals surface area contributed by atoms with Gasteiger partial charge in [-0.3, -0.25) is 4.98 Å². The first-order valence-electron chi connectivity index (χ1n) is 5.52. The van der Waals surface area contributed by atoms with Gasteiger partial charge in [-0.25, -0.2) is 4.39 Å². The molecule has 2 nitrogen and oxygen atoms in total. The summed E-state index contributed by atoms with van der Waals surface area (Å²) in [5, 5.41) is 10.6. The van der Waals surface area contributed by atoms with Gasteiger partial charge in [0.2, 0.25) is 0 Å². The molecule has 2 fully saturated rings. The number of hydrogen-bond acceptors (Lipinski definition) is 2. The molecule has 1 heterocycles. The van der Waals surface area contributed by atoms with Gasteiger partial charge in [-0.05, 0) is 43.6 Å². The lowest BCUT2D eigenvalue weighted by Gasteiger charge is -2.32. The maximum absolute atomic E-state index is 13.1. The van der Waals surface area contributed by atoms with Crippen molar-refractivity contribution in [2.24, 2.45) is 11.8 Å². The van der Waals surface area contributed by atoms with Crippen molar-refractivity contribution < 1.29 is 9.50 Å². The van der Waals surface area contributed by atoms with E-state index in [0.29, 0.717) is 17.4 Å².